The van der Waals surface area contributed by atoms with E-state index in [0.717, 1.165) is 12.8 Å². The van der Waals surface area contributed by atoms with E-state index in [1.165, 1.54) is 29.5 Å². The molecule has 0 aromatic heterocycles. The van der Waals surface area contributed by atoms with Crippen molar-refractivity contribution in [1.82, 2.24) is 0 Å². The zero-order valence-electron chi connectivity index (χ0n) is 12.1. The Morgan fingerprint density at radius 3 is 2.47 bits per heavy atom. The van der Waals surface area contributed by atoms with Gasteiger partial charge in [-0.3, -0.25) is 4.79 Å². The number of hydrogen-bond donors (Lipinski definition) is 1. The first kappa shape index (κ1) is 14.3. The average molecular weight is 259 g/mol. The predicted octanol–water partition coefficient (Wildman–Crippen LogP) is 3.18. The van der Waals surface area contributed by atoms with Crippen LogP contribution in [0.15, 0.2) is 18.2 Å². The normalized spacial score (nSPS) is 23.3. The summed E-state index contributed by atoms with van der Waals surface area (Å²) in [5, 5.41) is 0. The molecular formula is C17H25NO. The molecule has 2 rings (SSSR count). The fourth-order valence-electron chi connectivity index (χ4n) is 3.35. The van der Waals surface area contributed by atoms with Crippen LogP contribution in [0.25, 0.3) is 0 Å². The van der Waals surface area contributed by atoms with Crippen molar-refractivity contribution in [3.8, 4) is 0 Å². The van der Waals surface area contributed by atoms with Gasteiger partial charge in [-0.05, 0) is 55.8 Å². The summed E-state index contributed by atoms with van der Waals surface area (Å²) in [7, 11) is 0. The van der Waals surface area contributed by atoms with Crippen LogP contribution in [0.3, 0.4) is 0 Å². The topological polar surface area (TPSA) is 43.1 Å². The average Bonchev–Trinajstić information content (AvgIpc) is 2.42. The van der Waals surface area contributed by atoms with Gasteiger partial charge in [0.1, 0.15) is 5.78 Å². The van der Waals surface area contributed by atoms with Crippen molar-refractivity contribution in [2.45, 2.75) is 46.0 Å². The van der Waals surface area contributed by atoms with Crippen molar-refractivity contribution in [3.05, 3.63) is 34.9 Å². The van der Waals surface area contributed by atoms with Gasteiger partial charge in [-0.1, -0.05) is 31.0 Å². The van der Waals surface area contributed by atoms with Gasteiger partial charge in [-0.25, -0.2) is 0 Å². The van der Waals surface area contributed by atoms with Gasteiger partial charge in [-0.2, -0.15) is 0 Å². The van der Waals surface area contributed by atoms with Crippen molar-refractivity contribution < 1.29 is 4.79 Å². The second-order valence-electron chi connectivity index (χ2n) is 5.90. The van der Waals surface area contributed by atoms with E-state index in [2.05, 4.69) is 32.0 Å². The third kappa shape index (κ3) is 3.24. The SMILES string of the molecule is Cc1cccc(C)c1CC(=O)C1CCCCC1CN. The first-order valence-electron chi connectivity index (χ1n) is 7.41. The van der Waals surface area contributed by atoms with Gasteiger partial charge < -0.3 is 5.73 Å². The summed E-state index contributed by atoms with van der Waals surface area (Å²) < 4.78 is 0. The number of ketones is 1. The van der Waals surface area contributed by atoms with Gasteiger partial charge >= 0.3 is 0 Å². The van der Waals surface area contributed by atoms with Gasteiger partial charge in [-0.15, -0.1) is 0 Å². The molecule has 2 N–H and O–H groups in total. The molecule has 0 heterocycles. The zero-order valence-corrected chi connectivity index (χ0v) is 12.1. The highest BCUT2D eigenvalue weighted by Crippen LogP contribution is 2.31. The second-order valence-corrected chi connectivity index (χ2v) is 5.90. The Morgan fingerprint density at radius 1 is 1.21 bits per heavy atom. The smallest absolute Gasteiger partial charge is 0.140 e. The monoisotopic (exact) mass is 259 g/mol. The van der Waals surface area contributed by atoms with Gasteiger partial charge in [0.05, 0.1) is 0 Å². The fraction of sp³-hybridized carbons (Fsp3) is 0.588. The summed E-state index contributed by atoms with van der Waals surface area (Å²) in [6.45, 7) is 4.84. The van der Waals surface area contributed by atoms with E-state index in [0.29, 0.717) is 24.7 Å². The fourth-order valence-corrected chi connectivity index (χ4v) is 3.35. The molecular weight excluding hydrogens is 234 g/mol. The Bertz CT molecular complexity index is 432. The van der Waals surface area contributed by atoms with Crippen molar-refractivity contribution in [2.75, 3.05) is 6.54 Å². The van der Waals surface area contributed by atoms with Crippen LogP contribution in [-0.2, 0) is 11.2 Å². The van der Waals surface area contributed by atoms with Crippen LogP contribution in [0.5, 0.6) is 0 Å². The molecule has 0 bridgehead atoms. The van der Waals surface area contributed by atoms with Gasteiger partial charge in [0.25, 0.3) is 0 Å². The number of carbonyl (C=O) groups is 1. The maximum Gasteiger partial charge on any atom is 0.140 e. The van der Waals surface area contributed by atoms with Crippen LogP contribution in [-0.4, -0.2) is 12.3 Å². The number of aryl methyl sites for hydroxylation is 2. The minimum absolute atomic E-state index is 0.192. The maximum atomic E-state index is 12.6. The lowest BCUT2D eigenvalue weighted by molar-refractivity contribution is -0.124. The molecule has 0 spiro atoms. The van der Waals surface area contributed by atoms with E-state index in [1.807, 2.05) is 0 Å². The first-order valence-corrected chi connectivity index (χ1v) is 7.41. The van der Waals surface area contributed by atoms with Crippen LogP contribution in [0, 0.1) is 25.7 Å². The van der Waals surface area contributed by atoms with Gasteiger partial charge in [0.15, 0.2) is 0 Å². The lowest BCUT2D eigenvalue weighted by Crippen LogP contribution is -2.33. The highest BCUT2D eigenvalue weighted by Gasteiger charge is 2.29. The molecule has 1 aromatic carbocycles. The second kappa shape index (κ2) is 6.33. The van der Waals surface area contributed by atoms with Crippen LogP contribution in [0.4, 0.5) is 0 Å². The molecule has 2 heteroatoms. The third-order valence-corrected chi connectivity index (χ3v) is 4.62. The lowest BCUT2D eigenvalue weighted by Gasteiger charge is -2.29. The molecule has 1 saturated carbocycles. The molecule has 0 amide bonds. The van der Waals surface area contributed by atoms with E-state index in [1.54, 1.807) is 0 Å². The van der Waals surface area contributed by atoms with E-state index < -0.39 is 0 Å². The van der Waals surface area contributed by atoms with Crippen LogP contribution < -0.4 is 5.73 Å². The molecule has 2 unspecified atom stereocenters. The zero-order chi connectivity index (χ0) is 13.8. The van der Waals surface area contributed by atoms with Crippen LogP contribution >= 0.6 is 0 Å². The Kier molecular flexibility index (Phi) is 4.76. The summed E-state index contributed by atoms with van der Waals surface area (Å²) in [6.07, 6.45) is 5.15. The number of rotatable bonds is 4. The molecule has 104 valence electrons. The molecule has 0 saturated heterocycles. The molecule has 19 heavy (non-hydrogen) atoms. The van der Waals surface area contributed by atoms with E-state index in [9.17, 15) is 4.79 Å². The number of nitrogens with two attached hydrogens (primary N) is 1. The number of Topliss-reactive ketones (excluding diaryl/α,β-unsaturated/α-hetero) is 1. The number of hydrogen-bond acceptors (Lipinski definition) is 2. The van der Waals surface area contributed by atoms with E-state index >= 15 is 0 Å². The largest absolute Gasteiger partial charge is 0.330 e. The quantitative estimate of drug-likeness (QED) is 0.902. The number of carbonyl (C=O) groups excluding carboxylic acids is 1. The molecule has 2 nitrogen and oxygen atoms in total. The molecule has 1 aromatic rings. The minimum Gasteiger partial charge on any atom is -0.330 e. The molecule has 0 aliphatic heterocycles. The molecule has 1 aliphatic rings. The van der Waals surface area contributed by atoms with E-state index in [4.69, 9.17) is 5.73 Å². The Hall–Kier alpha value is -1.15. The Labute approximate surface area is 116 Å². The number of benzene rings is 1. The van der Waals surface area contributed by atoms with E-state index in [-0.39, 0.29) is 5.92 Å². The van der Waals surface area contributed by atoms with Crippen molar-refractivity contribution >= 4 is 5.78 Å². The van der Waals surface area contributed by atoms with Crippen LogP contribution in [0.1, 0.15) is 42.4 Å². The summed E-state index contributed by atoms with van der Waals surface area (Å²) in [5.41, 5.74) is 9.51. The summed E-state index contributed by atoms with van der Waals surface area (Å²) in [6, 6.07) is 6.25. The van der Waals surface area contributed by atoms with Gasteiger partial charge in [0, 0.05) is 12.3 Å². The van der Waals surface area contributed by atoms with Crippen molar-refractivity contribution in [3.63, 3.8) is 0 Å². The summed E-state index contributed by atoms with van der Waals surface area (Å²) >= 11 is 0. The highest BCUT2D eigenvalue weighted by molar-refractivity contribution is 5.84. The molecule has 2 atom stereocenters. The predicted molar refractivity (Wildman–Crippen MR) is 79.1 cm³/mol. The van der Waals surface area contributed by atoms with Gasteiger partial charge in [0.2, 0.25) is 0 Å². The van der Waals surface area contributed by atoms with Crippen LogP contribution in [0.2, 0.25) is 0 Å². The Morgan fingerprint density at radius 2 is 1.84 bits per heavy atom. The maximum absolute atomic E-state index is 12.6. The minimum atomic E-state index is 0.192. The lowest BCUT2D eigenvalue weighted by atomic mass is 9.75. The first-order chi connectivity index (χ1) is 9.13. The third-order valence-electron chi connectivity index (χ3n) is 4.62. The molecule has 0 radical (unpaired) electrons. The molecule has 1 fully saturated rings. The van der Waals surface area contributed by atoms with Crippen molar-refractivity contribution in [1.29, 1.82) is 0 Å². The van der Waals surface area contributed by atoms with Crippen molar-refractivity contribution in [2.24, 2.45) is 17.6 Å². The summed E-state index contributed by atoms with van der Waals surface area (Å²) in [4.78, 5) is 12.6. The standard InChI is InChI=1S/C17H25NO/c1-12-6-5-7-13(2)16(12)10-17(19)15-9-4-3-8-14(15)11-18/h5-7,14-15H,3-4,8-11,18H2,1-2H3. The highest BCUT2D eigenvalue weighted by atomic mass is 16.1. The molecule has 1 aliphatic carbocycles. The Balaban J connectivity index is 2.12. The summed E-state index contributed by atoms with van der Waals surface area (Å²) in [5.74, 6) is 0.996.